The largest absolute Gasteiger partial charge is 0.488 e. The third-order valence-corrected chi connectivity index (χ3v) is 6.71. The Labute approximate surface area is 259 Å². The molecule has 0 aliphatic rings. The summed E-state index contributed by atoms with van der Waals surface area (Å²) in [5.41, 5.74) is 35.0. The molecule has 0 spiro atoms. The van der Waals surface area contributed by atoms with Crippen LogP contribution in [0, 0.1) is 0 Å². The molecule has 14 nitrogen and oxygen atoms in total. The summed E-state index contributed by atoms with van der Waals surface area (Å²) >= 11 is 8.80. The van der Waals surface area contributed by atoms with Crippen LogP contribution in [0.1, 0.15) is 49.7 Å². The van der Waals surface area contributed by atoms with E-state index in [1.165, 1.54) is 0 Å². The van der Waals surface area contributed by atoms with Crippen LogP contribution in [0.5, 0.6) is 11.5 Å². The molecule has 0 saturated carbocycles. The third kappa shape index (κ3) is 15.8. The smallest absolute Gasteiger partial charge is 0.237 e. The summed E-state index contributed by atoms with van der Waals surface area (Å²) < 4.78 is 11.9. The maximum Gasteiger partial charge on any atom is 0.237 e. The van der Waals surface area contributed by atoms with Crippen LogP contribution in [0.2, 0.25) is 0 Å². The van der Waals surface area contributed by atoms with Crippen LogP contribution in [0.15, 0.2) is 22.1 Å². The summed E-state index contributed by atoms with van der Waals surface area (Å²) in [6.45, 7) is 1.89. The van der Waals surface area contributed by atoms with Gasteiger partial charge in [0.1, 0.15) is 13.2 Å². The number of guanidine groups is 2. The number of ether oxygens (including phenoxy) is 2. The number of rotatable bonds is 22. The summed E-state index contributed by atoms with van der Waals surface area (Å²) in [6.07, 6.45) is 3.95. The van der Waals surface area contributed by atoms with Crippen molar-refractivity contribution in [2.45, 2.75) is 62.1 Å². The number of nitrogens with one attached hydrogen (secondary N) is 2. The molecular weight excluding hydrogens is 580 g/mol. The number of carbonyl (C=O) groups is 2. The second-order valence-corrected chi connectivity index (χ2v) is 10.1. The zero-order chi connectivity index (χ0) is 31.3. The number of amides is 2. The fraction of sp³-hybridized carbons (Fsp3) is 0.615. The number of hydrogen-bond donors (Lipinski definition) is 10. The van der Waals surface area contributed by atoms with E-state index < -0.39 is 12.1 Å². The summed E-state index contributed by atoms with van der Waals surface area (Å²) in [4.78, 5) is 32.4. The number of carbonyl (C=O) groups excluding carboxylic acids is 2. The minimum atomic E-state index is -0.637. The van der Waals surface area contributed by atoms with Gasteiger partial charge >= 0.3 is 0 Å². The van der Waals surface area contributed by atoms with E-state index in [-0.39, 0.29) is 50.0 Å². The molecule has 0 aromatic heterocycles. The monoisotopic (exact) mass is 628 g/mol. The average Bonchev–Trinajstić information content (AvgIpc) is 2.96. The predicted molar refractivity (Wildman–Crippen MR) is 174 cm³/mol. The molecular formula is C26H48N10O4S2. The van der Waals surface area contributed by atoms with E-state index >= 15 is 0 Å². The lowest BCUT2D eigenvalue weighted by molar-refractivity contribution is -0.123. The molecule has 2 atom stereocenters. The van der Waals surface area contributed by atoms with Crippen LogP contribution < -0.4 is 54.5 Å². The minimum absolute atomic E-state index is 0.0448. The number of benzene rings is 1. The van der Waals surface area contributed by atoms with Crippen molar-refractivity contribution >= 4 is 49.0 Å². The van der Waals surface area contributed by atoms with Crippen LogP contribution in [-0.2, 0) is 21.1 Å². The molecule has 0 aliphatic carbocycles. The van der Waals surface area contributed by atoms with E-state index in [4.69, 9.17) is 43.9 Å². The van der Waals surface area contributed by atoms with Gasteiger partial charge in [-0.3, -0.25) is 19.6 Å². The third-order valence-electron chi connectivity index (χ3n) is 6.03. The number of hydrogen-bond acceptors (Lipinski definition) is 10. The first-order valence-electron chi connectivity index (χ1n) is 13.9. The van der Waals surface area contributed by atoms with Gasteiger partial charge in [0.15, 0.2) is 23.4 Å². The Hall–Kier alpha value is -3.08. The van der Waals surface area contributed by atoms with Gasteiger partial charge in [-0.2, -0.15) is 25.3 Å². The van der Waals surface area contributed by atoms with E-state index in [0.717, 1.165) is 36.8 Å². The second-order valence-electron chi connectivity index (χ2n) is 9.48. The molecule has 0 saturated heterocycles. The molecule has 42 heavy (non-hydrogen) atoms. The molecule has 2 amide bonds. The van der Waals surface area contributed by atoms with Gasteiger partial charge in [-0.25, -0.2) is 0 Å². The highest BCUT2D eigenvalue weighted by Crippen LogP contribution is 2.32. The molecule has 0 heterocycles. The first-order chi connectivity index (χ1) is 20.1. The molecule has 1 aromatic carbocycles. The zero-order valence-corrected chi connectivity index (χ0v) is 25.9. The molecule has 0 fully saturated rings. The van der Waals surface area contributed by atoms with E-state index in [9.17, 15) is 9.59 Å². The van der Waals surface area contributed by atoms with Gasteiger partial charge in [-0.15, -0.1) is 0 Å². The van der Waals surface area contributed by atoms with Crippen molar-refractivity contribution in [1.29, 1.82) is 0 Å². The van der Waals surface area contributed by atoms with Crippen molar-refractivity contribution < 1.29 is 19.1 Å². The van der Waals surface area contributed by atoms with Crippen LogP contribution in [0.4, 0.5) is 0 Å². The Balaban J connectivity index is 2.53. The molecule has 1 aromatic rings. The van der Waals surface area contributed by atoms with Crippen molar-refractivity contribution in [3.8, 4) is 11.5 Å². The maximum absolute atomic E-state index is 12.3. The zero-order valence-electron chi connectivity index (χ0n) is 24.1. The van der Waals surface area contributed by atoms with Crippen molar-refractivity contribution in [2.24, 2.45) is 44.4 Å². The second kappa shape index (κ2) is 21.6. The molecule has 0 unspecified atom stereocenters. The molecule has 14 N–H and O–H groups in total. The van der Waals surface area contributed by atoms with Crippen LogP contribution in [0.25, 0.3) is 0 Å². The summed E-state index contributed by atoms with van der Waals surface area (Å²) in [6, 6.07) is 2.41. The van der Waals surface area contributed by atoms with Crippen molar-refractivity contribution in [3.63, 3.8) is 0 Å². The first kappa shape index (κ1) is 36.9. The summed E-state index contributed by atoms with van der Waals surface area (Å²) in [5.74, 6) is 1.52. The van der Waals surface area contributed by atoms with Crippen LogP contribution in [-0.4, -0.2) is 75.2 Å². The van der Waals surface area contributed by atoms with Crippen molar-refractivity contribution in [2.75, 3.05) is 39.4 Å². The van der Waals surface area contributed by atoms with E-state index in [1.807, 2.05) is 12.1 Å². The summed E-state index contributed by atoms with van der Waals surface area (Å²) in [7, 11) is 0. The standard InChI is InChI=1S/C26H48N10O4S2/c27-19(5-1-3-7-35-25(29)30)23(37)33-9-11-39-21-13-17(15-41)18(16-42)14-22(21)40-12-10-34-24(38)20(28)6-2-4-8-36-26(31)32/h13-14,19-20,41-42H,1-12,15-16,27-28H2,(H,33,37)(H,34,38)(H4,29,30,35)(H4,31,32,36)/t19-,20-/m0/s1. The maximum atomic E-state index is 12.3. The van der Waals surface area contributed by atoms with Crippen LogP contribution >= 0.6 is 25.3 Å². The highest BCUT2D eigenvalue weighted by Gasteiger charge is 2.15. The minimum Gasteiger partial charge on any atom is -0.488 e. The summed E-state index contributed by atoms with van der Waals surface area (Å²) in [5, 5.41) is 5.57. The molecule has 0 aliphatic heterocycles. The molecule has 16 heteroatoms. The lowest BCUT2D eigenvalue weighted by Crippen LogP contribution is -2.42. The number of aliphatic imine (C=N–C) groups is 2. The van der Waals surface area contributed by atoms with E-state index in [2.05, 4.69) is 45.9 Å². The molecule has 0 radical (unpaired) electrons. The van der Waals surface area contributed by atoms with E-state index in [1.54, 1.807) is 0 Å². The van der Waals surface area contributed by atoms with Crippen molar-refractivity contribution in [1.82, 2.24) is 10.6 Å². The number of nitrogens with zero attached hydrogens (tertiary/aromatic N) is 2. The predicted octanol–water partition coefficient (Wildman–Crippen LogP) is -0.922. The van der Waals surface area contributed by atoms with Gasteiger partial charge in [0.25, 0.3) is 0 Å². The molecule has 238 valence electrons. The normalized spacial score (nSPS) is 12.1. The number of unbranched alkanes of at least 4 members (excludes halogenated alkanes) is 2. The fourth-order valence-electron chi connectivity index (χ4n) is 3.73. The highest BCUT2D eigenvalue weighted by molar-refractivity contribution is 7.79. The van der Waals surface area contributed by atoms with Gasteiger partial charge < -0.3 is 54.5 Å². The average molecular weight is 629 g/mol. The lowest BCUT2D eigenvalue weighted by Gasteiger charge is -2.18. The Kier molecular flexibility index (Phi) is 19.0. The number of nitrogens with two attached hydrogens (primary N) is 6. The first-order valence-corrected chi connectivity index (χ1v) is 15.2. The van der Waals surface area contributed by atoms with Gasteiger partial charge in [-0.05, 0) is 61.8 Å². The quantitative estimate of drug-likeness (QED) is 0.0327. The SMILES string of the molecule is NC(N)=NCCCC[C@H](N)C(=O)NCCOc1cc(CS)c(CS)cc1OCCNC(=O)[C@@H](N)CCCCN=C(N)N. The van der Waals surface area contributed by atoms with Crippen molar-refractivity contribution in [3.05, 3.63) is 23.3 Å². The van der Waals surface area contributed by atoms with Gasteiger partial charge in [-0.1, -0.05) is 0 Å². The van der Waals surface area contributed by atoms with Gasteiger partial charge in [0, 0.05) is 24.6 Å². The number of thiol groups is 2. The Bertz CT molecular complexity index is 942. The Morgan fingerprint density at radius 3 is 1.43 bits per heavy atom. The fourth-order valence-corrected chi connectivity index (χ4v) is 4.32. The van der Waals surface area contributed by atoms with Gasteiger partial charge in [0.05, 0.1) is 25.2 Å². The highest BCUT2D eigenvalue weighted by atomic mass is 32.1. The molecule has 0 bridgehead atoms. The van der Waals surface area contributed by atoms with Gasteiger partial charge in [0.2, 0.25) is 11.8 Å². The lowest BCUT2D eigenvalue weighted by atomic mass is 10.1. The Morgan fingerprint density at radius 2 is 1.10 bits per heavy atom. The van der Waals surface area contributed by atoms with E-state index in [0.29, 0.717) is 48.9 Å². The topological polar surface area (TPSA) is 258 Å². The Morgan fingerprint density at radius 1 is 0.714 bits per heavy atom. The molecule has 1 rings (SSSR count). The van der Waals surface area contributed by atoms with Crippen LogP contribution in [0.3, 0.4) is 0 Å².